The second-order valence-corrected chi connectivity index (χ2v) is 3.42. The van der Waals surface area contributed by atoms with E-state index in [2.05, 4.69) is 36.4 Å². The van der Waals surface area contributed by atoms with Crippen molar-refractivity contribution in [2.24, 2.45) is 0 Å². The van der Waals surface area contributed by atoms with Crippen molar-refractivity contribution in [3.63, 3.8) is 0 Å². The van der Waals surface area contributed by atoms with E-state index in [9.17, 15) is 0 Å². The summed E-state index contributed by atoms with van der Waals surface area (Å²) in [7, 11) is 0. The topological polar surface area (TPSA) is 0 Å². The lowest BCUT2D eigenvalue weighted by Crippen LogP contribution is -1.72. The molecule has 0 radical (unpaired) electrons. The standard InChI is InChI=1S/C16H18/c1-3-5-7-10-15(4-2)13-14-16-11-8-6-9-12-16/h3-14H,1-2H3/b5-3-,10-7-,14-13+,15-4+. The molecular weight excluding hydrogens is 192 g/mol. The number of hydrogen-bond donors (Lipinski definition) is 0. The highest BCUT2D eigenvalue weighted by Gasteiger charge is 1.84. The smallest absolute Gasteiger partial charge is 0.0256 e. The van der Waals surface area contributed by atoms with E-state index in [0.717, 1.165) is 0 Å². The van der Waals surface area contributed by atoms with Crippen molar-refractivity contribution < 1.29 is 0 Å². The first-order valence-corrected chi connectivity index (χ1v) is 5.55. The van der Waals surface area contributed by atoms with Crippen LogP contribution in [0.2, 0.25) is 0 Å². The third-order valence-corrected chi connectivity index (χ3v) is 2.19. The Hall–Kier alpha value is -1.82. The Kier molecular flexibility index (Phi) is 5.72. The molecule has 1 aromatic carbocycles. The van der Waals surface area contributed by atoms with E-state index < -0.39 is 0 Å². The summed E-state index contributed by atoms with van der Waals surface area (Å²) in [5.74, 6) is 0. The summed E-state index contributed by atoms with van der Waals surface area (Å²) in [5, 5.41) is 0. The van der Waals surface area contributed by atoms with Gasteiger partial charge in [0.1, 0.15) is 0 Å². The molecule has 0 saturated carbocycles. The van der Waals surface area contributed by atoms with E-state index in [1.807, 2.05) is 50.3 Å². The third-order valence-electron chi connectivity index (χ3n) is 2.19. The Balaban J connectivity index is 2.68. The van der Waals surface area contributed by atoms with Crippen molar-refractivity contribution in [2.75, 3.05) is 0 Å². The molecule has 82 valence electrons. The van der Waals surface area contributed by atoms with Gasteiger partial charge in [-0.1, -0.05) is 72.9 Å². The normalized spacial score (nSPS) is 13.2. The van der Waals surface area contributed by atoms with Crippen molar-refractivity contribution in [3.05, 3.63) is 77.9 Å². The van der Waals surface area contributed by atoms with Crippen LogP contribution in [0.3, 0.4) is 0 Å². The second-order valence-electron chi connectivity index (χ2n) is 3.42. The highest BCUT2D eigenvalue weighted by molar-refractivity contribution is 5.54. The number of rotatable bonds is 4. The van der Waals surface area contributed by atoms with Crippen LogP contribution in [0, 0.1) is 0 Å². The number of allylic oxidation sites excluding steroid dienone is 7. The van der Waals surface area contributed by atoms with Crippen LogP contribution in [0.15, 0.2) is 72.4 Å². The molecule has 16 heavy (non-hydrogen) atoms. The lowest BCUT2D eigenvalue weighted by molar-refractivity contribution is 1.59. The van der Waals surface area contributed by atoms with Crippen molar-refractivity contribution in [3.8, 4) is 0 Å². The first-order valence-electron chi connectivity index (χ1n) is 5.55. The highest BCUT2D eigenvalue weighted by atomic mass is 13.9. The summed E-state index contributed by atoms with van der Waals surface area (Å²) in [5.41, 5.74) is 2.43. The van der Waals surface area contributed by atoms with Gasteiger partial charge in [-0.05, 0) is 25.0 Å². The van der Waals surface area contributed by atoms with Crippen molar-refractivity contribution in [1.82, 2.24) is 0 Å². The van der Waals surface area contributed by atoms with E-state index in [0.29, 0.717) is 0 Å². The molecule has 0 aliphatic heterocycles. The minimum Gasteiger partial charge on any atom is -0.0877 e. The zero-order chi connectivity index (χ0) is 11.6. The van der Waals surface area contributed by atoms with Crippen LogP contribution in [-0.4, -0.2) is 0 Å². The average molecular weight is 210 g/mol. The molecule has 0 nitrogen and oxygen atoms in total. The minimum atomic E-state index is 1.21. The quantitative estimate of drug-likeness (QED) is 0.627. The van der Waals surface area contributed by atoms with Gasteiger partial charge in [0.25, 0.3) is 0 Å². The second kappa shape index (κ2) is 7.47. The fourth-order valence-electron chi connectivity index (χ4n) is 1.28. The molecule has 0 N–H and O–H groups in total. The number of hydrogen-bond acceptors (Lipinski definition) is 0. The highest BCUT2D eigenvalue weighted by Crippen LogP contribution is 2.06. The Labute approximate surface area is 98.3 Å². The fraction of sp³-hybridized carbons (Fsp3) is 0.125. The molecule has 0 heterocycles. The predicted octanol–water partition coefficient (Wildman–Crippen LogP) is 4.78. The van der Waals surface area contributed by atoms with Gasteiger partial charge in [0.2, 0.25) is 0 Å². The van der Waals surface area contributed by atoms with Crippen LogP contribution in [0.25, 0.3) is 6.08 Å². The maximum Gasteiger partial charge on any atom is -0.0256 e. The van der Waals surface area contributed by atoms with Gasteiger partial charge in [-0.2, -0.15) is 0 Å². The SMILES string of the molecule is C\C=C/C=C\C(\C=C\c1ccccc1)=C/C. The molecule has 1 aromatic rings. The number of benzene rings is 1. The van der Waals surface area contributed by atoms with E-state index in [-0.39, 0.29) is 0 Å². The van der Waals surface area contributed by atoms with E-state index in [1.165, 1.54) is 11.1 Å². The zero-order valence-corrected chi connectivity index (χ0v) is 9.93. The molecular formula is C16H18. The van der Waals surface area contributed by atoms with Gasteiger partial charge in [-0.15, -0.1) is 0 Å². The van der Waals surface area contributed by atoms with Crippen molar-refractivity contribution in [1.29, 1.82) is 0 Å². The van der Waals surface area contributed by atoms with Gasteiger partial charge in [-0.3, -0.25) is 0 Å². The Morgan fingerprint density at radius 2 is 1.69 bits per heavy atom. The molecule has 0 unspecified atom stereocenters. The average Bonchev–Trinajstić information content (AvgIpc) is 2.35. The molecule has 0 saturated heterocycles. The summed E-state index contributed by atoms with van der Waals surface area (Å²) < 4.78 is 0. The summed E-state index contributed by atoms with van der Waals surface area (Å²) in [4.78, 5) is 0. The van der Waals surface area contributed by atoms with Gasteiger partial charge in [0.05, 0.1) is 0 Å². The Bertz CT molecular complexity index is 403. The molecule has 0 aromatic heterocycles. The van der Waals surface area contributed by atoms with Gasteiger partial charge in [0, 0.05) is 0 Å². The maximum absolute atomic E-state index is 2.12. The predicted molar refractivity (Wildman–Crippen MR) is 73.2 cm³/mol. The molecule has 0 atom stereocenters. The van der Waals surface area contributed by atoms with Crippen molar-refractivity contribution >= 4 is 6.08 Å². The van der Waals surface area contributed by atoms with Crippen LogP contribution in [0.4, 0.5) is 0 Å². The summed E-state index contributed by atoms with van der Waals surface area (Å²) in [6, 6.07) is 10.3. The minimum absolute atomic E-state index is 1.21. The molecule has 1 rings (SSSR count). The molecule has 0 heteroatoms. The molecule has 0 bridgehead atoms. The van der Waals surface area contributed by atoms with Crippen LogP contribution < -0.4 is 0 Å². The fourth-order valence-corrected chi connectivity index (χ4v) is 1.28. The van der Waals surface area contributed by atoms with Crippen LogP contribution in [-0.2, 0) is 0 Å². The monoisotopic (exact) mass is 210 g/mol. The van der Waals surface area contributed by atoms with Gasteiger partial charge < -0.3 is 0 Å². The molecule has 0 fully saturated rings. The first kappa shape index (κ1) is 12.3. The van der Waals surface area contributed by atoms with Crippen molar-refractivity contribution in [2.45, 2.75) is 13.8 Å². The van der Waals surface area contributed by atoms with E-state index >= 15 is 0 Å². The molecule has 0 aliphatic rings. The lowest BCUT2D eigenvalue weighted by atomic mass is 10.1. The molecule has 0 spiro atoms. The van der Waals surface area contributed by atoms with Gasteiger partial charge in [0.15, 0.2) is 0 Å². The van der Waals surface area contributed by atoms with Crippen LogP contribution in [0.1, 0.15) is 19.4 Å². The van der Waals surface area contributed by atoms with Gasteiger partial charge >= 0.3 is 0 Å². The van der Waals surface area contributed by atoms with Crippen LogP contribution >= 0.6 is 0 Å². The Morgan fingerprint density at radius 1 is 0.938 bits per heavy atom. The first-order chi connectivity index (χ1) is 7.86. The zero-order valence-electron chi connectivity index (χ0n) is 9.93. The van der Waals surface area contributed by atoms with E-state index in [4.69, 9.17) is 0 Å². The lowest BCUT2D eigenvalue weighted by Gasteiger charge is -1.93. The van der Waals surface area contributed by atoms with Gasteiger partial charge in [-0.25, -0.2) is 0 Å². The summed E-state index contributed by atoms with van der Waals surface area (Å²) in [6.07, 6.45) is 14.5. The Morgan fingerprint density at radius 3 is 2.31 bits per heavy atom. The summed E-state index contributed by atoms with van der Waals surface area (Å²) in [6.45, 7) is 4.06. The van der Waals surface area contributed by atoms with Crippen LogP contribution in [0.5, 0.6) is 0 Å². The maximum atomic E-state index is 2.12. The van der Waals surface area contributed by atoms with E-state index in [1.54, 1.807) is 0 Å². The molecule has 0 aliphatic carbocycles. The summed E-state index contributed by atoms with van der Waals surface area (Å²) >= 11 is 0. The largest absolute Gasteiger partial charge is 0.0877 e. The third kappa shape index (κ3) is 4.61. The molecule has 0 amide bonds.